The van der Waals surface area contributed by atoms with Crippen molar-refractivity contribution in [3.8, 4) is 5.75 Å². The molecule has 3 nitrogen and oxygen atoms in total. The van der Waals surface area contributed by atoms with Crippen molar-refractivity contribution in [3.63, 3.8) is 0 Å². The normalized spacial score (nSPS) is 39.7. The number of aryl methyl sites for hydroxylation is 1. The number of hydrogen-bond acceptors (Lipinski definition) is 3. The molecule has 4 atom stereocenters. The molecule has 0 spiro atoms. The zero-order valence-electron chi connectivity index (χ0n) is 12.7. The Balaban J connectivity index is 1.72. The highest BCUT2D eigenvalue weighted by Gasteiger charge is 2.53. The third-order valence-corrected chi connectivity index (χ3v) is 6.61. The molecule has 0 saturated heterocycles. The second-order valence-electron chi connectivity index (χ2n) is 7.37. The molecule has 3 aliphatic rings. The first-order valence-electron chi connectivity index (χ1n) is 8.22. The molecular formula is C18H24N2O. The third-order valence-electron chi connectivity index (χ3n) is 6.61. The Morgan fingerprint density at radius 1 is 1.24 bits per heavy atom. The number of hydrazone groups is 1. The first-order valence-corrected chi connectivity index (χ1v) is 8.22. The summed E-state index contributed by atoms with van der Waals surface area (Å²) in [4.78, 5) is 0. The zero-order valence-corrected chi connectivity index (χ0v) is 12.7. The molecule has 2 fully saturated rings. The first kappa shape index (κ1) is 13.2. The van der Waals surface area contributed by atoms with Gasteiger partial charge in [0.2, 0.25) is 0 Å². The Morgan fingerprint density at radius 2 is 2.10 bits per heavy atom. The molecule has 0 amide bonds. The molecule has 0 aromatic heterocycles. The quantitative estimate of drug-likeness (QED) is 0.565. The average molecular weight is 284 g/mol. The fourth-order valence-corrected chi connectivity index (χ4v) is 5.57. The maximum Gasteiger partial charge on any atom is 0.115 e. The number of phenols is 1. The van der Waals surface area contributed by atoms with Gasteiger partial charge in [0.05, 0.1) is 0 Å². The van der Waals surface area contributed by atoms with Crippen molar-refractivity contribution in [3.05, 3.63) is 29.3 Å². The molecule has 1 aromatic rings. The largest absolute Gasteiger partial charge is 0.508 e. The van der Waals surface area contributed by atoms with Crippen molar-refractivity contribution in [1.82, 2.24) is 0 Å². The van der Waals surface area contributed by atoms with Crippen LogP contribution in [0.1, 0.15) is 56.1 Å². The van der Waals surface area contributed by atoms with E-state index in [2.05, 4.69) is 18.1 Å². The van der Waals surface area contributed by atoms with Crippen molar-refractivity contribution >= 4 is 5.71 Å². The van der Waals surface area contributed by atoms with Crippen molar-refractivity contribution in [1.29, 1.82) is 0 Å². The van der Waals surface area contributed by atoms with Gasteiger partial charge in [-0.25, -0.2) is 0 Å². The van der Waals surface area contributed by atoms with Crippen molar-refractivity contribution in [2.24, 2.45) is 28.2 Å². The highest BCUT2D eigenvalue weighted by atomic mass is 16.3. The lowest BCUT2D eigenvalue weighted by Crippen LogP contribution is -2.42. The van der Waals surface area contributed by atoms with Crippen LogP contribution < -0.4 is 5.84 Å². The summed E-state index contributed by atoms with van der Waals surface area (Å²) in [6, 6.07) is 5.99. The Morgan fingerprint density at radius 3 is 2.90 bits per heavy atom. The minimum Gasteiger partial charge on any atom is -0.508 e. The first-order chi connectivity index (χ1) is 10.1. The SMILES string of the molecule is C[C@@]12CCC3c4ccc(O)cc4CCC3C1CC/C2=N/N. The van der Waals surface area contributed by atoms with Gasteiger partial charge in [0.1, 0.15) is 5.75 Å². The summed E-state index contributed by atoms with van der Waals surface area (Å²) in [6.07, 6.45) is 7.12. The number of phenolic OH excluding ortho intramolecular Hbond substituents is 1. The molecule has 0 aliphatic heterocycles. The molecule has 0 radical (unpaired) electrons. The molecule has 112 valence electrons. The predicted molar refractivity (Wildman–Crippen MR) is 84.3 cm³/mol. The van der Waals surface area contributed by atoms with Crippen LogP contribution in [0.5, 0.6) is 5.75 Å². The molecular weight excluding hydrogens is 260 g/mol. The summed E-state index contributed by atoms with van der Waals surface area (Å²) in [7, 11) is 0. The Hall–Kier alpha value is -1.51. The molecule has 21 heavy (non-hydrogen) atoms. The van der Waals surface area contributed by atoms with Gasteiger partial charge in [-0.05, 0) is 79.5 Å². The summed E-state index contributed by atoms with van der Waals surface area (Å²) >= 11 is 0. The number of rotatable bonds is 0. The lowest BCUT2D eigenvalue weighted by atomic mass is 9.55. The van der Waals surface area contributed by atoms with Crippen molar-refractivity contribution in [2.75, 3.05) is 0 Å². The second kappa shape index (κ2) is 4.49. The van der Waals surface area contributed by atoms with E-state index < -0.39 is 0 Å². The summed E-state index contributed by atoms with van der Waals surface area (Å²) in [5.41, 5.74) is 4.35. The van der Waals surface area contributed by atoms with Gasteiger partial charge < -0.3 is 10.9 Å². The highest BCUT2D eigenvalue weighted by Crippen LogP contribution is 2.59. The van der Waals surface area contributed by atoms with Crippen LogP contribution in [0.25, 0.3) is 0 Å². The Labute approximate surface area is 126 Å². The lowest BCUT2D eigenvalue weighted by molar-refractivity contribution is 0.0955. The minimum atomic E-state index is 0.240. The van der Waals surface area contributed by atoms with Crippen LogP contribution in [0.2, 0.25) is 0 Å². The van der Waals surface area contributed by atoms with E-state index in [9.17, 15) is 5.11 Å². The second-order valence-corrected chi connectivity index (χ2v) is 7.37. The van der Waals surface area contributed by atoms with Crippen molar-refractivity contribution < 1.29 is 5.11 Å². The monoisotopic (exact) mass is 284 g/mol. The van der Waals surface area contributed by atoms with Gasteiger partial charge in [-0.3, -0.25) is 0 Å². The number of fused-ring (bicyclic) bond motifs is 5. The molecule has 1 aromatic carbocycles. The van der Waals surface area contributed by atoms with E-state index in [4.69, 9.17) is 5.84 Å². The van der Waals surface area contributed by atoms with Gasteiger partial charge >= 0.3 is 0 Å². The van der Waals surface area contributed by atoms with E-state index in [1.54, 1.807) is 0 Å². The van der Waals surface area contributed by atoms with Crippen LogP contribution in [-0.2, 0) is 6.42 Å². The molecule has 0 bridgehead atoms. The number of nitrogens with two attached hydrogens (primary N) is 1. The van der Waals surface area contributed by atoms with Crippen LogP contribution in [0.4, 0.5) is 0 Å². The maximum absolute atomic E-state index is 9.71. The molecule has 3 unspecified atom stereocenters. The van der Waals surface area contributed by atoms with E-state index in [1.165, 1.54) is 42.5 Å². The van der Waals surface area contributed by atoms with Gasteiger partial charge in [0.15, 0.2) is 0 Å². The Kier molecular flexibility index (Phi) is 2.82. The maximum atomic E-state index is 9.71. The highest BCUT2D eigenvalue weighted by molar-refractivity contribution is 5.92. The van der Waals surface area contributed by atoms with E-state index >= 15 is 0 Å². The predicted octanol–water partition coefficient (Wildman–Crippen LogP) is 3.56. The zero-order chi connectivity index (χ0) is 14.6. The van der Waals surface area contributed by atoms with Gasteiger partial charge in [0.25, 0.3) is 0 Å². The average Bonchev–Trinajstić information content (AvgIpc) is 2.83. The van der Waals surface area contributed by atoms with Crippen LogP contribution in [0, 0.1) is 17.3 Å². The van der Waals surface area contributed by atoms with Crippen LogP contribution in [-0.4, -0.2) is 10.8 Å². The van der Waals surface area contributed by atoms with Gasteiger partial charge in [-0.1, -0.05) is 13.0 Å². The fraction of sp³-hybridized carbons (Fsp3) is 0.611. The number of nitrogens with zero attached hydrogens (tertiary/aromatic N) is 1. The lowest BCUT2D eigenvalue weighted by Gasteiger charge is -2.49. The molecule has 3 N–H and O–H groups in total. The molecule has 3 aliphatic carbocycles. The Bertz CT molecular complexity index is 609. The standard InChI is InChI=1S/C18H24N2O/c1-18-9-8-14-13-5-3-12(21)10-11(13)2-4-15(14)16(18)6-7-17(18)20-19/h3,5,10,14-16,21H,2,4,6-9,19H2,1H3/b20-17-/t14?,15?,16?,18-/m1/s1. The summed E-state index contributed by atoms with van der Waals surface area (Å²) in [5, 5.41) is 13.8. The van der Waals surface area contributed by atoms with E-state index in [-0.39, 0.29) is 5.41 Å². The molecule has 0 heterocycles. The summed E-state index contributed by atoms with van der Waals surface area (Å²) in [6.45, 7) is 2.39. The van der Waals surface area contributed by atoms with Crippen LogP contribution in [0.15, 0.2) is 23.3 Å². The van der Waals surface area contributed by atoms with Gasteiger partial charge in [-0.15, -0.1) is 0 Å². The van der Waals surface area contributed by atoms with Gasteiger partial charge in [0, 0.05) is 11.1 Å². The summed E-state index contributed by atoms with van der Waals surface area (Å²) < 4.78 is 0. The molecule has 2 saturated carbocycles. The third kappa shape index (κ3) is 1.76. The fourth-order valence-electron chi connectivity index (χ4n) is 5.57. The topological polar surface area (TPSA) is 58.6 Å². The van der Waals surface area contributed by atoms with E-state index in [1.807, 2.05) is 12.1 Å². The van der Waals surface area contributed by atoms with E-state index in [0.717, 1.165) is 24.7 Å². The summed E-state index contributed by atoms with van der Waals surface area (Å²) in [5.74, 6) is 8.23. The molecule has 4 rings (SSSR count). The van der Waals surface area contributed by atoms with Crippen molar-refractivity contribution in [2.45, 2.75) is 51.4 Å². The van der Waals surface area contributed by atoms with Gasteiger partial charge in [-0.2, -0.15) is 5.10 Å². The van der Waals surface area contributed by atoms with E-state index in [0.29, 0.717) is 11.7 Å². The number of benzene rings is 1. The number of aromatic hydroxyl groups is 1. The smallest absolute Gasteiger partial charge is 0.115 e. The minimum absolute atomic E-state index is 0.240. The van der Waals surface area contributed by atoms with Crippen LogP contribution >= 0.6 is 0 Å². The molecule has 3 heteroatoms. The number of hydrogen-bond donors (Lipinski definition) is 2. The van der Waals surface area contributed by atoms with Crippen LogP contribution in [0.3, 0.4) is 0 Å².